The molecule has 0 radical (unpaired) electrons. The number of esters is 1. The minimum atomic E-state index is -2.19. The quantitative estimate of drug-likeness (QED) is 0.434. The molecule has 0 aromatic heterocycles. The second-order valence-electron chi connectivity index (χ2n) is 11.7. The van der Waals surface area contributed by atoms with E-state index in [4.69, 9.17) is 16.3 Å². The Balaban J connectivity index is 1.81. The number of carbonyl (C=O) groups excluding carboxylic acids is 4. The van der Waals surface area contributed by atoms with E-state index in [9.17, 15) is 19.2 Å². The summed E-state index contributed by atoms with van der Waals surface area (Å²) in [4.78, 5) is 51.9. The summed E-state index contributed by atoms with van der Waals surface area (Å²) >= 11 is 5.99. The van der Waals surface area contributed by atoms with Crippen molar-refractivity contribution in [1.82, 2.24) is 0 Å². The summed E-state index contributed by atoms with van der Waals surface area (Å²) in [5, 5.41) is 0. The normalized spacial score (nSPS) is 42.2. The van der Waals surface area contributed by atoms with E-state index in [-0.39, 0.29) is 30.4 Å². The van der Waals surface area contributed by atoms with Crippen LogP contribution in [0, 0.1) is 28.1 Å². The minimum absolute atomic E-state index is 0.195. The highest BCUT2D eigenvalue weighted by atomic mass is 35.5. The van der Waals surface area contributed by atoms with Crippen LogP contribution in [-0.2, 0) is 23.9 Å². The molecule has 0 spiro atoms. The van der Waals surface area contributed by atoms with Crippen molar-refractivity contribution in [1.29, 1.82) is 0 Å². The highest BCUT2D eigenvalue weighted by Crippen LogP contribution is 2.69. The Hall–Kier alpha value is -1.82. The molecule has 0 aromatic rings. The Morgan fingerprint density at radius 2 is 1.85 bits per heavy atom. The summed E-state index contributed by atoms with van der Waals surface area (Å²) in [5.41, 5.74) is -6.21. The molecular formula is C26H32ClFO5. The number of hydrogen-bond donors (Lipinski definition) is 0. The summed E-state index contributed by atoms with van der Waals surface area (Å²) in [7, 11) is 0. The van der Waals surface area contributed by atoms with Crippen LogP contribution in [0.5, 0.6) is 0 Å². The third-order valence-corrected chi connectivity index (χ3v) is 9.22. The van der Waals surface area contributed by atoms with Crippen LogP contribution in [0.4, 0.5) is 4.39 Å². The number of carbonyl (C=O) groups is 4. The number of alkyl halides is 2. The van der Waals surface area contributed by atoms with E-state index in [0.717, 1.165) is 0 Å². The van der Waals surface area contributed by atoms with Gasteiger partial charge < -0.3 is 4.74 Å². The Bertz CT molecular complexity index is 1010. The molecule has 4 aliphatic rings. The number of halogens is 2. The topological polar surface area (TPSA) is 77.5 Å². The van der Waals surface area contributed by atoms with E-state index in [0.29, 0.717) is 24.8 Å². The first-order chi connectivity index (χ1) is 15.2. The molecule has 0 aromatic carbocycles. The van der Waals surface area contributed by atoms with Crippen LogP contribution in [0.2, 0.25) is 0 Å². The lowest BCUT2D eigenvalue weighted by atomic mass is 9.45. The smallest absolute Gasteiger partial charge is 0.312 e. The second-order valence-corrected chi connectivity index (χ2v) is 11.9. The van der Waals surface area contributed by atoms with Crippen molar-refractivity contribution in [2.45, 2.75) is 78.0 Å². The maximum Gasteiger partial charge on any atom is 0.312 e. The summed E-state index contributed by atoms with van der Waals surface area (Å²) < 4.78 is 23.1. The lowest BCUT2D eigenvalue weighted by Crippen LogP contribution is -2.68. The van der Waals surface area contributed by atoms with Gasteiger partial charge in [0.2, 0.25) is 0 Å². The molecule has 0 aliphatic heterocycles. The van der Waals surface area contributed by atoms with Crippen LogP contribution in [0.1, 0.15) is 66.7 Å². The van der Waals surface area contributed by atoms with Crippen LogP contribution >= 0.6 is 11.6 Å². The lowest BCUT2D eigenvalue weighted by molar-refractivity contribution is -0.202. The molecule has 4 rings (SSSR count). The summed E-state index contributed by atoms with van der Waals surface area (Å²) in [6, 6.07) is 0. The molecule has 0 N–H and O–H groups in total. The van der Waals surface area contributed by atoms with Gasteiger partial charge >= 0.3 is 5.97 Å². The number of allylic oxidation sites excluding steroid dienone is 4. The van der Waals surface area contributed by atoms with Crippen LogP contribution in [0.3, 0.4) is 0 Å². The average molecular weight is 479 g/mol. The Morgan fingerprint density at radius 3 is 2.45 bits per heavy atom. The third-order valence-electron chi connectivity index (χ3n) is 8.97. The average Bonchev–Trinajstić information content (AvgIpc) is 3.01. The van der Waals surface area contributed by atoms with Gasteiger partial charge in [-0.2, -0.15) is 0 Å². The zero-order chi connectivity index (χ0) is 24.6. The Labute approximate surface area is 199 Å². The fraction of sp³-hybridized carbons (Fsp3) is 0.692. The number of rotatable bonds is 3. The van der Waals surface area contributed by atoms with Gasteiger partial charge in [0.25, 0.3) is 0 Å². The SMILES string of the molecule is CC(C)(C)C(=O)O[C@]1(C(=O)CCl)CC[C@H]2[C@@H]3CCC4=CC(=O)C=C[C@]4(C)[C@@]3(F)C(=O)C[C@@]21C. The summed E-state index contributed by atoms with van der Waals surface area (Å²) in [5.74, 6) is -3.11. The van der Waals surface area contributed by atoms with E-state index in [2.05, 4.69) is 0 Å². The molecular weight excluding hydrogens is 447 g/mol. The highest BCUT2D eigenvalue weighted by Gasteiger charge is 2.75. The number of hydrogen-bond acceptors (Lipinski definition) is 5. The van der Waals surface area contributed by atoms with Gasteiger partial charge in [-0.3, -0.25) is 19.2 Å². The molecule has 5 nitrogen and oxygen atoms in total. The maximum absolute atomic E-state index is 17.1. The van der Waals surface area contributed by atoms with Crippen molar-refractivity contribution >= 4 is 34.9 Å². The van der Waals surface area contributed by atoms with Crippen molar-refractivity contribution in [2.24, 2.45) is 28.1 Å². The van der Waals surface area contributed by atoms with E-state index < -0.39 is 51.0 Å². The van der Waals surface area contributed by atoms with Crippen molar-refractivity contribution in [3.05, 3.63) is 23.8 Å². The molecule has 0 saturated heterocycles. The first-order valence-corrected chi connectivity index (χ1v) is 12.2. The van der Waals surface area contributed by atoms with Crippen LogP contribution in [0.15, 0.2) is 23.8 Å². The molecule has 0 amide bonds. The molecule has 0 heterocycles. The molecule has 7 heteroatoms. The van der Waals surface area contributed by atoms with Crippen molar-refractivity contribution < 1.29 is 28.3 Å². The number of ether oxygens (including phenoxy) is 1. The summed E-state index contributed by atoms with van der Waals surface area (Å²) in [6.45, 7) is 8.59. The highest BCUT2D eigenvalue weighted by molar-refractivity contribution is 6.29. The zero-order valence-corrected chi connectivity index (χ0v) is 20.7. The molecule has 0 unspecified atom stereocenters. The van der Waals surface area contributed by atoms with Gasteiger partial charge in [0.15, 0.2) is 28.6 Å². The number of Topliss-reactive ketones (excluding diaryl/α,β-unsaturated/α-hetero) is 2. The zero-order valence-electron chi connectivity index (χ0n) is 19.9. The monoisotopic (exact) mass is 478 g/mol. The van der Waals surface area contributed by atoms with Gasteiger partial charge in [0.1, 0.15) is 0 Å². The van der Waals surface area contributed by atoms with Gasteiger partial charge in [0.05, 0.1) is 11.3 Å². The number of fused-ring (bicyclic) bond motifs is 5. The third kappa shape index (κ3) is 3.01. The van der Waals surface area contributed by atoms with Crippen LogP contribution in [0.25, 0.3) is 0 Å². The summed E-state index contributed by atoms with van der Waals surface area (Å²) in [6.07, 6.45) is 5.69. The predicted molar refractivity (Wildman–Crippen MR) is 121 cm³/mol. The van der Waals surface area contributed by atoms with E-state index in [1.807, 2.05) is 0 Å². The van der Waals surface area contributed by atoms with Crippen LogP contribution < -0.4 is 0 Å². The number of ketones is 3. The van der Waals surface area contributed by atoms with E-state index in [1.165, 1.54) is 12.2 Å². The van der Waals surface area contributed by atoms with Crippen LogP contribution in [-0.4, -0.2) is 40.5 Å². The fourth-order valence-corrected chi connectivity index (χ4v) is 7.24. The van der Waals surface area contributed by atoms with Crippen molar-refractivity contribution in [3.8, 4) is 0 Å². The van der Waals surface area contributed by atoms with Gasteiger partial charge in [0, 0.05) is 23.2 Å². The van der Waals surface area contributed by atoms with Crippen molar-refractivity contribution in [3.63, 3.8) is 0 Å². The molecule has 0 bridgehead atoms. The second kappa shape index (κ2) is 7.34. The first kappa shape index (κ1) is 24.3. The minimum Gasteiger partial charge on any atom is -0.450 e. The molecule has 4 aliphatic carbocycles. The first-order valence-electron chi connectivity index (χ1n) is 11.7. The van der Waals surface area contributed by atoms with Gasteiger partial charge in [-0.15, -0.1) is 11.6 Å². The lowest BCUT2D eigenvalue weighted by Gasteiger charge is -2.59. The predicted octanol–water partition coefficient (Wildman–Crippen LogP) is 4.70. The largest absolute Gasteiger partial charge is 0.450 e. The standard InChI is InChI=1S/C26H32ClFO5/c1-22(2,3)21(32)33-25(20(31)14-27)11-9-17-18-7-6-15-12-16(29)8-10-23(15,4)26(18,28)19(30)13-24(17,25)5/h8,10,12,17-18H,6-7,9,11,13-14H2,1-5H3/t17-,18-,23-,24-,25-,26-/m0/s1. The molecule has 3 saturated carbocycles. The molecule has 33 heavy (non-hydrogen) atoms. The molecule has 180 valence electrons. The van der Waals surface area contributed by atoms with Gasteiger partial charge in [-0.25, -0.2) is 4.39 Å². The maximum atomic E-state index is 17.1. The van der Waals surface area contributed by atoms with Gasteiger partial charge in [-0.05, 0) is 71.4 Å². The Kier molecular flexibility index (Phi) is 5.41. The Morgan fingerprint density at radius 1 is 1.18 bits per heavy atom. The van der Waals surface area contributed by atoms with E-state index in [1.54, 1.807) is 40.7 Å². The molecule has 3 fully saturated rings. The van der Waals surface area contributed by atoms with Gasteiger partial charge in [-0.1, -0.05) is 18.6 Å². The van der Waals surface area contributed by atoms with Crippen molar-refractivity contribution in [2.75, 3.05) is 5.88 Å². The fourth-order valence-electron chi connectivity index (χ4n) is 7.03. The van der Waals surface area contributed by atoms with E-state index >= 15 is 4.39 Å². The molecule has 6 atom stereocenters.